The molecule has 0 heterocycles. The lowest BCUT2D eigenvalue weighted by Crippen LogP contribution is -2.58. The molecule has 2 amide bonds. The number of nitrogens with zero attached hydrogens (tertiary/aromatic N) is 2. The number of amides is 2. The molecule has 12 nitrogen and oxygen atoms in total. The summed E-state index contributed by atoms with van der Waals surface area (Å²) in [6, 6.07) is 1.70. The van der Waals surface area contributed by atoms with Crippen LogP contribution in [-0.2, 0) is 32.1 Å². The Morgan fingerprint density at radius 2 is 1.79 bits per heavy atom. The van der Waals surface area contributed by atoms with E-state index in [4.69, 9.17) is 5.73 Å². The highest BCUT2D eigenvalue weighted by Crippen LogP contribution is 2.53. The number of rotatable bonds is 6. The maximum absolute atomic E-state index is 13.7. The highest BCUT2D eigenvalue weighted by atomic mass is 16.3. The number of aromatic hydroxyl groups is 1. The Bertz CT molecular complexity index is 1330. The number of anilines is 1. The molecule has 1 aromatic rings. The topological polar surface area (TPSA) is 194 Å². The van der Waals surface area contributed by atoms with Crippen molar-refractivity contribution in [3.05, 3.63) is 39.7 Å². The van der Waals surface area contributed by atoms with E-state index in [1.807, 2.05) is 0 Å². The van der Waals surface area contributed by atoms with Crippen molar-refractivity contribution in [1.82, 2.24) is 10.2 Å². The maximum Gasteiger partial charge on any atom is 0.255 e. The maximum atomic E-state index is 13.7. The molecular weight excluding hydrogens is 496 g/mol. The Morgan fingerprint density at radius 3 is 2.37 bits per heavy atom. The monoisotopic (exact) mass is 528 g/mol. The largest absolute Gasteiger partial charge is 0.508 e. The Hall–Kier alpha value is -3.90. The van der Waals surface area contributed by atoms with Gasteiger partial charge in [-0.25, -0.2) is 0 Å². The van der Waals surface area contributed by atoms with E-state index in [2.05, 4.69) is 5.32 Å². The molecule has 0 radical (unpaired) electrons. The molecule has 38 heavy (non-hydrogen) atoms. The zero-order valence-corrected chi connectivity index (χ0v) is 21.7. The van der Waals surface area contributed by atoms with Crippen LogP contribution < -0.4 is 16.0 Å². The first-order valence-electron chi connectivity index (χ1n) is 12.1. The van der Waals surface area contributed by atoms with Crippen LogP contribution in [0.2, 0.25) is 0 Å². The normalized spacial score (nSPS) is 24.7. The fraction of sp³-hybridized carbons (Fsp3) is 0.462. The van der Waals surface area contributed by atoms with Gasteiger partial charge < -0.3 is 41.3 Å². The molecule has 7 N–H and O–H groups in total. The molecule has 0 spiro atoms. The Balaban J connectivity index is 1.85. The number of phenolic OH excluding ortho intramolecular Hbond substituents is 1. The van der Waals surface area contributed by atoms with Gasteiger partial charge in [-0.15, -0.1) is 0 Å². The van der Waals surface area contributed by atoms with Gasteiger partial charge in [0.25, 0.3) is 5.91 Å². The van der Waals surface area contributed by atoms with Gasteiger partial charge in [-0.3, -0.25) is 19.2 Å². The summed E-state index contributed by atoms with van der Waals surface area (Å²) in [4.78, 5) is 53.6. The molecule has 1 saturated carbocycles. The van der Waals surface area contributed by atoms with E-state index in [9.17, 15) is 39.6 Å². The summed E-state index contributed by atoms with van der Waals surface area (Å²) in [5.74, 6) is -7.04. The van der Waals surface area contributed by atoms with Crippen molar-refractivity contribution in [2.75, 3.05) is 39.6 Å². The Labute approximate surface area is 219 Å². The third-order valence-corrected chi connectivity index (χ3v) is 7.54. The van der Waals surface area contributed by atoms with Gasteiger partial charge in [0.1, 0.15) is 22.8 Å². The van der Waals surface area contributed by atoms with Crippen molar-refractivity contribution in [3.8, 4) is 5.75 Å². The predicted molar refractivity (Wildman–Crippen MR) is 136 cm³/mol. The SMILES string of the molecule is CN(C)CC(=O)NCc1cc(N(C)C)c2c(c1O)C(O)=C1C(=O)[C@]3(O)C(O)=C(C(N)=O)C(=O)C[C@@H]3C[C@@H]1C2. The third-order valence-electron chi connectivity index (χ3n) is 7.54. The second-order valence-electron chi connectivity index (χ2n) is 10.6. The minimum atomic E-state index is -2.62. The molecule has 204 valence electrons. The Morgan fingerprint density at radius 1 is 1.13 bits per heavy atom. The summed E-state index contributed by atoms with van der Waals surface area (Å²) in [6.07, 6.45) is -0.124. The van der Waals surface area contributed by atoms with Crippen molar-refractivity contribution in [1.29, 1.82) is 0 Å². The van der Waals surface area contributed by atoms with Gasteiger partial charge in [-0.2, -0.15) is 0 Å². The van der Waals surface area contributed by atoms with E-state index in [0.29, 0.717) is 16.8 Å². The summed E-state index contributed by atoms with van der Waals surface area (Å²) in [6.45, 7) is 0.0799. The fourth-order valence-electron chi connectivity index (χ4n) is 5.79. The second kappa shape index (κ2) is 9.44. The summed E-state index contributed by atoms with van der Waals surface area (Å²) < 4.78 is 0. The third kappa shape index (κ3) is 4.09. The number of hydrogen-bond donors (Lipinski definition) is 6. The molecule has 3 aliphatic carbocycles. The number of fused-ring (bicyclic) bond motifs is 3. The number of aliphatic hydroxyl groups is 3. The molecule has 0 unspecified atom stereocenters. The van der Waals surface area contributed by atoms with Crippen molar-refractivity contribution in [2.45, 2.75) is 31.4 Å². The average Bonchev–Trinajstić information content (AvgIpc) is 2.80. The van der Waals surface area contributed by atoms with Crippen LogP contribution in [0.3, 0.4) is 0 Å². The number of benzene rings is 1. The highest BCUT2D eigenvalue weighted by Gasteiger charge is 2.60. The summed E-state index contributed by atoms with van der Waals surface area (Å²) in [5, 5.41) is 47.3. The number of likely N-dealkylation sites (N-methyl/N-ethyl adjacent to an activating group) is 1. The lowest BCUT2D eigenvalue weighted by Gasteiger charge is -2.46. The van der Waals surface area contributed by atoms with Crippen molar-refractivity contribution >= 4 is 34.8 Å². The number of nitrogens with two attached hydrogens (primary N) is 1. The lowest BCUT2D eigenvalue weighted by atomic mass is 9.59. The summed E-state index contributed by atoms with van der Waals surface area (Å²) >= 11 is 0. The number of aliphatic hydroxyl groups excluding tert-OH is 2. The van der Waals surface area contributed by atoms with Crippen LogP contribution in [-0.4, -0.2) is 89.0 Å². The molecule has 1 fully saturated rings. The van der Waals surface area contributed by atoms with Gasteiger partial charge in [0.15, 0.2) is 11.4 Å². The number of hydrogen-bond acceptors (Lipinski definition) is 10. The number of Topliss-reactive ketones (excluding diaryl/α,β-unsaturated/α-hetero) is 2. The molecule has 0 aromatic heterocycles. The van der Waals surface area contributed by atoms with Gasteiger partial charge in [0.2, 0.25) is 11.7 Å². The Kier molecular flexibility index (Phi) is 6.74. The van der Waals surface area contributed by atoms with E-state index in [1.54, 1.807) is 44.1 Å². The van der Waals surface area contributed by atoms with Crippen LogP contribution in [0.25, 0.3) is 5.76 Å². The molecule has 1 aromatic carbocycles. The van der Waals surface area contributed by atoms with E-state index in [-0.39, 0.29) is 55.1 Å². The lowest BCUT2D eigenvalue weighted by molar-refractivity contribution is -0.147. The van der Waals surface area contributed by atoms with E-state index < -0.39 is 52.0 Å². The quantitative estimate of drug-likeness (QED) is 0.266. The molecule has 0 saturated heterocycles. The van der Waals surface area contributed by atoms with Gasteiger partial charge in [0, 0.05) is 49.8 Å². The number of phenols is 1. The molecule has 3 atom stereocenters. The highest BCUT2D eigenvalue weighted by molar-refractivity contribution is 6.22. The van der Waals surface area contributed by atoms with Gasteiger partial charge in [-0.1, -0.05) is 0 Å². The second-order valence-corrected chi connectivity index (χ2v) is 10.6. The first kappa shape index (κ1) is 27.1. The van der Waals surface area contributed by atoms with Crippen LogP contribution in [0.4, 0.5) is 5.69 Å². The zero-order chi connectivity index (χ0) is 28.3. The fourth-order valence-corrected chi connectivity index (χ4v) is 5.79. The van der Waals surface area contributed by atoms with Crippen molar-refractivity contribution < 1.29 is 39.6 Å². The van der Waals surface area contributed by atoms with Crippen LogP contribution in [0, 0.1) is 11.8 Å². The number of carbonyl (C=O) groups is 4. The molecule has 4 rings (SSSR count). The minimum absolute atomic E-state index is 0.0137. The van der Waals surface area contributed by atoms with Crippen molar-refractivity contribution in [3.63, 3.8) is 0 Å². The number of nitrogens with one attached hydrogen (secondary N) is 1. The summed E-state index contributed by atoms with van der Waals surface area (Å²) in [5.41, 5.74) is 3.04. The van der Waals surface area contributed by atoms with E-state index >= 15 is 0 Å². The number of ketones is 2. The van der Waals surface area contributed by atoms with Gasteiger partial charge in [0.05, 0.1) is 12.1 Å². The minimum Gasteiger partial charge on any atom is -0.508 e. The van der Waals surface area contributed by atoms with Crippen LogP contribution >= 0.6 is 0 Å². The first-order chi connectivity index (χ1) is 17.7. The smallest absolute Gasteiger partial charge is 0.255 e. The van der Waals surface area contributed by atoms with Crippen LogP contribution in [0.15, 0.2) is 23.0 Å². The van der Waals surface area contributed by atoms with Crippen LogP contribution in [0.1, 0.15) is 29.5 Å². The zero-order valence-electron chi connectivity index (χ0n) is 21.7. The summed E-state index contributed by atoms with van der Waals surface area (Å²) in [7, 11) is 7.02. The van der Waals surface area contributed by atoms with Crippen molar-refractivity contribution in [2.24, 2.45) is 17.6 Å². The number of primary amides is 1. The molecule has 0 aliphatic heterocycles. The molecular formula is C26H32N4O8. The van der Waals surface area contributed by atoms with Gasteiger partial charge >= 0.3 is 0 Å². The van der Waals surface area contributed by atoms with Gasteiger partial charge in [-0.05, 0) is 44.5 Å². The predicted octanol–water partition coefficient (Wildman–Crippen LogP) is -0.332. The first-order valence-corrected chi connectivity index (χ1v) is 12.1. The average molecular weight is 529 g/mol. The standard InChI is InChI=1S/C26H32N4O8/c1-29(2)10-17(32)28-9-12-7-15(30(3)4)14-6-11-5-13-8-16(31)20(25(27)37)24(36)26(13,38)23(35)18(11)22(34)19(14)21(12)33/h7,11,13,33-34,36,38H,5-6,8-10H2,1-4H3,(H2,27,37)(H,28,32)/t11-,13+,26+/m1/s1. The number of carbonyl (C=O) groups excluding carboxylic acids is 4. The molecule has 3 aliphatic rings. The molecule has 12 heteroatoms. The molecule has 0 bridgehead atoms. The van der Waals surface area contributed by atoms with E-state index in [0.717, 1.165) is 0 Å². The van der Waals surface area contributed by atoms with Crippen LogP contribution in [0.5, 0.6) is 5.75 Å². The van der Waals surface area contributed by atoms with E-state index in [1.165, 1.54) is 0 Å².